The quantitative estimate of drug-likeness (QED) is 0.860. The Hall–Kier alpha value is -2.70. The number of rotatable bonds is 5. The van der Waals surface area contributed by atoms with Crippen molar-refractivity contribution >= 4 is 11.8 Å². The van der Waals surface area contributed by atoms with Gasteiger partial charge in [0, 0.05) is 11.5 Å². The fraction of sp³-hybridized carbons (Fsp3) is 0.474. The van der Waals surface area contributed by atoms with Crippen LogP contribution in [0, 0.1) is 0 Å². The lowest BCUT2D eigenvalue weighted by atomic mass is 10.1. The highest BCUT2D eigenvalue weighted by Crippen LogP contribution is 2.41. The summed E-state index contributed by atoms with van der Waals surface area (Å²) < 4.78 is 1.73. The molecule has 1 aromatic heterocycles. The van der Waals surface area contributed by atoms with Gasteiger partial charge in [-0.05, 0) is 52.7 Å². The fourth-order valence-electron chi connectivity index (χ4n) is 2.74. The van der Waals surface area contributed by atoms with Gasteiger partial charge in [0.05, 0.1) is 11.4 Å². The predicted octanol–water partition coefficient (Wildman–Crippen LogP) is 2.18. The summed E-state index contributed by atoms with van der Waals surface area (Å²) in [5.41, 5.74) is 1.63. The number of benzene rings is 1. The molecule has 1 aliphatic rings. The lowest BCUT2D eigenvalue weighted by Gasteiger charge is -2.23. The number of nitrogens with zero attached hydrogens (tertiary/aromatic N) is 3. The van der Waals surface area contributed by atoms with Crippen LogP contribution in [0.4, 0.5) is 0 Å². The zero-order valence-corrected chi connectivity index (χ0v) is 15.6. The number of amides is 2. The zero-order chi connectivity index (χ0) is 18.9. The van der Waals surface area contributed by atoms with Gasteiger partial charge in [-0.25, -0.2) is 4.68 Å². The molecule has 138 valence electrons. The molecule has 1 atom stereocenters. The number of aromatic nitrogens is 3. The first-order valence-electron chi connectivity index (χ1n) is 8.90. The monoisotopic (exact) mass is 355 g/mol. The third kappa shape index (κ3) is 4.09. The fourth-order valence-corrected chi connectivity index (χ4v) is 2.74. The summed E-state index contributed by atoms with van der Waals surface area (Å²) >= 11 is 0. The second-order valence-electron chi connectivity index (χ2n) is 7.78. The van der Waals surface area contributed by atoms with Crippen LogP contribution >= 0.6 is 0 Å². The lowest BCUT2D eigenvalue weighted by Crippen LogP contribution is -2.51. The van der Waals surface area contributed by atoms with Crippen LogP contribution in [0.1, 0.15) is 62.6 Å². The van der Waals surface area contributed by atoms with Crippen LogP contribution in [0.2, 0.25) is 0 Å². The number of hydrogen-bond donors (Lipinski definition) is 2. The summed E-state index contributed by atoms with van der Waals surface area (Å²) in [4.78, 5) is 24.9. The van der Waals surface area contributed by atoms with E-state index in [1.807, 2.05) is 51.1 Å². The van der Waals surface area contributed by atoms with Crippen molar-refractivity contribution in [3.63, 3.8) is 0 Å². The summed E-state index contributed by atoms with van der Waals surface area (Å²) in [7, 11) is 0. The molecule has 7 nitrogen and oxygen atoms in total. The average molecular weight is 355 g/mol. The van der Waals surface area contributed by atoms with Crippen molar-refractivity contribution in [3.05, 3.63) is 41.7 Å². The van der Waals surface area contributed by atoms with Crippen LogP contribution in [0.3, 0.4) is 0 Å². The van der Waals surface area contributed by atoms with E-state index in [2.05, 4.69) is 20.9 Å². The zero-order valence-electron chi connectivity index (χ0n) is 15.6. The van der Waals surface area contributed by atoms with Crippen molar-refractivity contribution in [3.8, 4) is 5.69 Å². The summed E-state index contributed by atoms with van der Waals surface area (Å²) in [6, 6.07) is 8.98. The van der Waals surface area contributed by atoms with E-state index in [-0.39, 0.29) is 23.3 Å². The van der Waals surface area contributed by atoms with Gasteiger partial charge >= 0.3 is 0 Å². The summed E-state index contributed by atoms with van der Waals surface area (Å²) in [5, 5.41) is 13.9. The highest BCUT2D eigenvalue weighted by Gasteiger charge is 2.35. The Labute approximate surface area is 153 Å². The average Bonchev–Trinajstić information content (AvgIpc) is 3.31. The molecule has 0 bridgehead atoms. The van der Waals surface area contributed by atoms with Gasteiger partial charge in [0.15, 0.2) is 5.69 Å². The highest BCUT2D eigenvalue weighted by molar-refractivity contribution is 5.97. The summed E-state index contributed by atoms with van der Waals surface area (Å²) in [6.45, 7) is 7.36. The second-order valence-corrected chi connectivity index (χ2v) is 7.78. The second kappa shape index (κ2) is 6.90. The van der Waals surface area contributed by atoms with Crippen molar-refractivity contribution in [1.29, 1.82) is 0 Å². The Morgan fingerprint density at radius 2 is 1.85 bits per heavy atom. The first-order chi connectivity index (χ1) is 12.3. The molecule has 1 fully saturated rings. The van der Waals surface area contributed by atoms with Crippen LogP contribution in [0.15, 0.2) is 30.3 Å². The molecular formula is C19H25N5O2. The maximum Gasteiger partial charge on any atom is 0.274 e. The van der Waals surface area contributed by atoms with Crippen molar-refractivity contribution < 1.29 is 9.59 Å². The van der Waals surface area contributed by atoms with E-state index < -0.39 is 6.04 Å². The number of nitrogens with one attached hydrogen (secondary N) is 2. The minimum absolute atomic E-state index is 0.228. The first-order valence-corrected chi connectivity index (χ1v) is 8.90. The van der Waals surface area contributed by atoms with E-state index in [4.69, 9.17) is 0 Å². The number of hydrogen-bond acceptors (Lipinski definition) is 4. The smallest absolute Gasteiger partial charge is 0.274 e. The van der Waals surface area contributed by atoms with Gasteiger partial charge in [-0.3, -0.25) is 9.59 Å². The highest BCUT2D eigenvalue weighted by atomic mass is 16.2. The van der Waals surface area contributed by atoms with Gasteiger partial charge in [0.2, 0.25) is 5.91 Å². The molecule has 0 spiro atoms. The predicted molar refractivity (Wildman–Crippen MR) is 98.2 cm³/mol. The topological polar surface area (TPSA) is 88.9 Å². The Morgan fingerprint density at radius 1 is 1.19 bits per heavy atom. The molecular weight excluding hydrogens is 330 g/mol. The van der Waals surface area contributed by atoms with Gasteiger partial charge in [0.1, 0.15) is 6.04 Å². The molecule has 2 aromatic rings. The molecule has 1 heterocycles. The molecule has 1 aromatic carbocycles. The molecule has 26 heavy (non-hydrogen) atoms. The van der Waals surface area contributed by atoms with E-state index >= 15 is 0 Å². The van der Waals surface area contributed by atoms with E-state index in [1.165, 1.54) is 0 Å². The molecule has 0 radical (unpaired) electrons. The minimum atomic E-state index is -0.657. The van der Waals surface area contributed by atoms with Crippen molar-refractivity contribution in [2.75, 3.05) is 0 Å². The van der Waals surface area contributed by atoms with Crippen LogP contribution in [-0.4, -0.2) is 38.4 Å². The first kappa shape index (κ1) is 18.1. The molecule has 3 rings (SSSR count). The Balaban J connectivity index is 1.80. The normalized spacial score (nSPS) is 15.4. The van der Waals surface area contributed by atoms with Crippen LogP contribution in [0.5, 0.6) is 0 Å². The summed E-state index contributed by atoms with van der Waals surface area (Å²) in [6.07, 6.45) is 2.03. The molecule has 1 unspecified atom stereocenters. The van der Waals surface area contributed by atoms with Gasteiger partial charge in [-0.15, -0.1) is 5.10 Å². The van der Waals surface area contributed by atoms with Crippen LogP contribution in [-0.2, 0) is 4.79 Å². The molecule has 2 N–H and O–H groups in total. The molecule has 2 amide bonds. The molecule has 1 aliphatic carbocycles. The molecule has 7 heteroatoms. The van der Waals surface area contributed by atoms with E-state index in [0.717, 1.165) is 24.2 Å². The lowest BCUT2D eigenvalue weighted by molar-refractivity contribution is -0.124. The van der Waals surface area contributed by atoms with Crippen molar-refractivity contribution in [2.45, 2.75) is 58.0 Å². The van der Waals surface area contributed by atoms with Gasteiger partial charge in [-0.2, -0.15) is 0 Å². The molecule has 0 saturated heterocycles. The maximum absolute atomic E-state index is 12.7. The van der Waals surface area contributed by atoms with Gasteiger partial charge in [-0.1, -0.05) is 23.4 Å². The van der Waals surface area contributed by atoms with Crippen LogP contribution in [0.25, 0.3) is 5.69 Å². The van der Waals surface area contributed by atoms with E-state index in [9.17, 15) is 9.59 Å². The van der Waals surface area contributed by atoms with Crippen LogP contribution < -0.4 is 10.6 Å². The van der Waals surface area contributed by atoms with Gasteiger partial charge < -0.3 is 10.6 Å². The third-order valence-electron chi connectivity index (χ3n) is 4.12. The Bertz CT molecular complexity index is 803. The van der Waals surface area contributed by atoms with E-state index in [0.29, 0.717) is 5.69 Å². The Morgan fingerprint density at radius 3 is 2.42 bits per heavy atom. The molecule has 1 saturated carbocycles. The van der Waals surface area contributed by atoms with E-state index in [1.54, 1.807) is 11.6 Å². The third-order valence-corrected chi connectivity index (χ3v) is 4.12. The minimum Gasteiger partial charge on any atom is -0.350 e. The maximum atomic E-state index is 12.7. The SMILES string of the molecule is CC(NC(=O)c1nnn(-c2ccccc2)c1C1CC1)C(=O)NC(C)(C)C. The summed E-state index contributed by atoms with van der Waals surface area (Å²) in [5.74, 6) is -0.315. The standard InChI is InChI=1S/C19H25N5O2/c1-12(17(25)21-19(2,3)4)20-18(26)15-16(13-10-11-13)24(23-22-15)14-8-6-5-7-9-14/h5-9,12-13H,10-11H2,1-4H3,(H,20,26)(H,21,25). The van der Waals surface area contributed by atoms with Gasteiger partial charge in [0.25, 0.3) is 5.91 Å². The Kier molecular flexibility index (Phi) is 4.80. The van der Waals surface area contributed by atoms with Crippen molar-refractivity contribution in [2.24, 2.45) is 0 Å². The number of para-hydroxylation sites is 1. The van der Waals surface area contributed by atoms with Crippen molar-refractivity contribution in [1.82, 2.24) is 25.6 Å². The number of carbonyl (C=O) groups excluding carboxylic acids is 2. The number of carbonyl (C=O) groups is 2. The molecule has 0 aliphatic heterocycles. The largest absolute Gasteiger partial charge is 0.350 e.